The van der Waals surface area contributed by atoms with E-state index >= 15 is 0 Å². The molecule has 1 aliphatic rings. The Bertz CT molecular complexity index is 1220. The molecule has 1 saturated heterocycles. The summed E-state index contributed by atoms with van der Waals surface area (Å²) in [6.07, 6.45) is 4.53. The molecule has 1 atom stereocenters. The van der Waals surface area contributed by atoms with Gasteiger partial charge in [0.15, 0.2) is 0 Å². The fourth-order valence-electron chi connectivity index (χ4n) is 3.28. The molecule has 0 spiro atoms. The van der Waals surface area contributed by atoms with Gasteiger partial charge in [-0.1, -0.05) is 24.3 Å². The molecule has 1 fully saturated rings. The van der Waals surface area contributed by atoms with E-state index in [2.05, 4.69) is 10.3 Å². The molecule has 8 heteroatoms. The number of hydrogen-bond donors (Lipinski definition) is 1. The van der Waals surface area contributed by atoms with Gasteiger partial charge in [-0.05, 0) is 43.2 Å². The van der Waals surface area contributed by atoms with E-state index < -0.39 is 11.5 Å². The van der Waals surface area contributed by atoms with Crippen molar-refractivity contribution in [3.63, 3.8) is 0 Å². The lowest BCUT2D eigenvalue weighted by Gasteiger charge is -2.11. The highest BCUT2D eigenvalue weighted by atomic mass is 16.5. The third kappa shape index (κ3) is 4.63. The first-order valence-electron chi connectivity index (χ1n) is 9.91. The maximum absolute atomic E-state index is 13.1. The average Bonchev–Trinajstić information content (AvgIpc) is 3.32. The molecule has 2 aromatic heterocycles. The summed E-state index contributed by atoms with van der Waals surface area (Å²) >= 11 is 0. The molecule has 31 heavy (non-hydrogen) atoms. The quantitative estimate of drug-likeness (QED) is 0.489. The molecule has 0 radical (unpaired) electrons. The molecule has 1 aliphatic heterocycles. The van der Waals surface area contributed by atoms with Crippen molar-refractivity contribution in [1.82, 2.24) is 14.7 Å². The number of carbonyl (C=O) groups excluding carboxylic acids is 1. The van der Waals surface area contributed by atoms with Crippen molar-refractivity contribution in [2.75, 3.05) is 13.2 Å². The van der Waals surface area contributed by atoms with Crippen LogP contribution in [0.1, 0.15) is 18.4 Å². The number of pyridine rings is 1. The minimum Gasteiger partial charge on any atom is -0.438 e. The van der Waals surface area contributed by atoms with Crippen LogP contribution in [0.3, 0.4) is 0 Å². The molecule has 0 bridgehead atoms. The topological polar surface area (TPSA) is 106 Å². The van der Waals surface area contributed by atoms with E-state index in [0.717, 1.165) is 12.8 Å². The van der Waals surface area contributed by atoms with E-state index in [1.807, 2.05) is 12.1 Å². The predicted molar refractivity (Wildman–Crippen MR) is 114 cm³/mol. The van der Waals surface area contributed by atoms with E-state index in [-0.39, 0.29) is 23.1 Å². The number of amides is 1. The van der Waals surface area contributed by atoms with E-state index in [4.69, 9.17) is 9.47 Å². The Morgan fingerprint density at radius 2 is 2.10 bits per heavy atom. The van der Waals surface area contributed by atoms with Crippen LogP contribution < -0.4 is 15.6 Å². The molecule has 156 valence electrons. The van der Waals surface area contributed by atoms with Crippen molar-refractivity contribution in [2.45, 2.75) is 18.9 Å². The third-order valence-corrected chi connectivity index (χ3v) is 4.86. The molecule has 0 saturated carbocycles. The molecule has 1 N–H and O–H groups in total. The number of fused-ring (bicyclic) bond motifs is 1. The molecule has 3 aromatic rings. The molecule has 0 aliphatic carbocycles. The number of nitrogens with one attached hydrogen (secondary N) is 1. The van der Waals surface area contributed by atoms with Crippen LogP contribution >= 0.6 is 0 Å². The number of hydrogen-bond acceptors (Lipinski definition) is 6. The van der Waals surface area contributed by atoms with Crippen LogP contribution in [0.5, 0.6) is 11.6 Å². The van der Waals surface area contributed by atoms with Gasteiger partial charge in [-0.15, -0.1) is 0 Å². The van der Waals surface area contributed by atoms with Crippen LogP contribution in [-0.4, -0.2) is 34.5 Å². The number of nitriles is 1. The van der Waals surface area contributed by atoms with Crippen LogP contribution in [0, 0.1) is 11.3 Å². The highest BCUT2D eigenvalue weighted by molar-refractivity contribution is 6.01. The van der Waals surface area contributed by atoms with Gasteiger partial charge in [0, 0.05) is 19.3 Å². The first kappa shape index (κ1) is 20.3. The van der Waals surface area contributed by atoms with Gasteiger partial charge in [0.05, 0.1) is 6.10 Å². The summed E-state index contributed by atoms with van der Waals surface area (Å²) in [6.45, 7) is 0.974. The maximum atomic E-state index is 13.1. The Hall–Kier alpha value is -3.96. The maximum Gasteiger partial charge on any atom is 0.269 e. The van der Waals surface area contributed by atoms with Crippen LogP contribution in [0.4, 0.5) is 0 Å². The number of rotatable bonds is 6. The Morgan fingerprint density at radius 3 is 2.84 bits per heavy atom. The number of carbonyl (C=O) groups is 1. The van der Waals surface area contributed by atoms with Crippen LogP contribution in [0.25, 0.3) is 11.7 Å². The molecule has 1 amide bonds. The normalized spacial score (nSPS) is 16.1. The van der Waals surface area contributed by atoms with Crippen molar-refractivity contribution >= 4 is 17.6 Å². The molecule has 1 aromatic carbocycles. The van der Waals surface area contributed by atoms with Gasteiger partial charge >= 0.3 is 0 Å². The second kappa shape index (κ2) is 9.24. The lowest BCUT2D eigenvalue weighted by molar-refractivity contribution is -0.117. The second-order valence-electron chi connectivity index (χ2n) is 6.99. The summed E-state index contributed by atoms with van der Waals surface area (Å²) in [5, 5.41) is 12.3. The molecule has 4 rings (SSSR count). The first-order chi connectivity index (χ1) is 15.2. The summed E-state index contributed by atoms with van der Waals surface area (Å²) in [7, 11) is 0. The van der Waals surface area contributed by atoms with E-state index in [1.54, 1.807) is 48.7 Å². The summed E-state index contributed by atoms with van der Waals surface area (Å²) < 4.78 is 12.7. The van der Waals surface area contributed by atoms with Crippen molar-refractivity contribution in [3.05, 3.63) is 76.2 Å². The van der Waals surface area contributed by atoms with Crippen molar-refractivity contribution in [2.24, 2.45) is 0 Å². The molecule has 3 heterocycles. The SMILES string of the molecule is N#CC(=Cc1c(Oc2ccccc2)nc2ccccn2c1=O)C(=O)NCC1CCCO1. The summed E-state index contributed by atoms with van der Waals surface area (Å²) in [4.78, 5) is 30.1. The fraction of sp³-hybridized carbons (Fsp3) is 0.217. The van der Waals surface area contributed by atoms with Gasteiger partial charge in [0.2, 0.25) is 5.88 Å². The molecule has 1 unspecified atom stereocenters. The van der Waals surface area contributed by atoms with Crippen molar-refractivity contribution in [1.29, 1.82) is 5.26 Å². The number of nitrogens with zero attached hydrogens (tertiary/aromatic N) is 3. The summed E-state index contributed by atoms with van der Waals surface area (Å²) in [6, 6.07) is 15.9. The zero-order valence-electron chi connectivity index (χ0n) is 16.7. The lowest BCUT2D eigenvalue weighted by Crippen LogP contribution is -2.32. The van der Waals surface area contributed by atoms with E-state index in [0.29, 0.717) is 24.5 Å². The largest absolute Gasteiger partial charge is 0.438 e. The van der Waals surface area contributed by atoms with Gasteiger partial charge in [-0.3, -0.25) is 14.0 Å². The Morgan fingerprint density at radius 1 is 1.29 bits per heavy atom. The van der Waals surface area contributed by atoms with Crippen molar-refractivity contribution < 1.29 is 14.3 Å². The minimum absolute atomic E-state index is 0.0105. The number of ether oxygens (including phenoxy) is 2. The second-order valence-corrected chi connectivity index (χ2v) is 6.99. The molecular formula is C23H20N4O4. The van der Waals surface area contributed by atoms with E-state index in [1.165, 1.54) is 10.5 Å². The van der Waals surface area contributed by atoms with Crippen LogP contribution in [-0.2, 0) is 9.53 Å². The van der Waals surface area contributed by atoms with Gasteiger partial charge < -0.3 is 14.8 Å². The smallest absolute Gasteiger partial charge is 0.269 e. The van der Waals surface area contributed by atoms with Gasteiger partial charge in [0.25, 0.3) is 11.5 Å². The lowest BCUT2D eigenvalue weighted by atomic mass is 10.1. The number of para-hydroxylation sites is 1. The van der Waals surface area contributed by atoms with Gasteiger partial charge in [0.1, 0.15) is 28.6 Å². The van der Waals surface area contributed by atoms with Crippen LogP contribution in [0.2, 0.25) is 0 Å². The standard InChI is InChI=1S/C23H20N4O4/c24-14-16(21(28)25-15-18-9-6-12-30-18)13-19-22(31-17-7-2-1-3-8-17)26-20-10-4-5-11-27(20)23(19)29/h1-5,7-8,10-11,13,18H,6,9,12,15H2,(H,25,28). The van der Waals surface area contributed by atoms with E-state index in [9.17, 15) is 14.9 Å². The Labute approximate surface area is 178 Å². The highest BCUT2D eigenvalue weighted by Crippen LogP contribution is 2.23. The first-order valence-corrected chi connectivity index (χ1v) is 9.91. The Balaban J connectivity index is 1.72. The monoisotopic (exact) mass is 416 g/mol. The zero-order valence-corrected chi connectivity index (χ0v) is 16.7. The zero-order chi connectivity index (χ0) is 21.6. The highest BCUT2D eigenvalue weighted by Gasteiger charge is 2.20. The van der Waals surface area contributed by atoms with Crippen LogP contribution in [0.15, 0.2) is 65.1 Å². The van der Waals surface area contributed by atoms with Gasteiger partial charge in [-0.2, -0.15) is 10.2 Å². The Kier molecular flexibility index (Phi) is 6.05. The fourth-order valence-corrected chi connectivity index (χ4v) is 3.28. The number of benzene rings is 1. The summed E-state index contributed by atoms with van der Waals surface area (Å²) in [5.41, 5.74) is -0.268. The third-order valence-electron chi connectivity index (χ3n) is 4.86. The predicted octanol–water partition coefficient (Wildman–Crippen LogP) is 2.69. The average molecular weight is 416 g/mol. The number of aromatic nitrogens is 2. The van der Waals surface area contributed by atoms with Crippen molar-refractivity contribution in [3.8, 4) is 17.7 Å². The molecule has 8 nitrogen and oxygen atoms in total. The summed E-state index contributed by atoms with van der Waals surface area (Å²) in [5.74, 6) is -0.0889. The molecular weight excluding hydrogens is 396 g/mol. The van der Waals surface area contributed by atoms with Gasteiger partial charge in [-0.25, -0.2) is 0 Å². The minimum atomic E-state index is -0.582.